The predicted octanol–water partition coefficient (Wildman–Crippen LogP) is 12.8. The largest absolute Gasteiger partial charge is 0.374 e. The average molecular weight is 592 g/mol. The molecular weight excluding hydrogens is 514 g/mol. The first kappa shape index (κ1) is 41.4. The fraction of sp³-hybridized carbons (Fsp3) is 0.897. The van der Waals surface area contributed by atoms with E-state index in [4.69, 9.17) is 15.2 Å². The van der Waals surface area contributed by atoms with Gasteiger partial charge in [0.1, 0.15) is 6.23 Å². The summed E-state index contributed by atoms with van der Waals surface area (Å²) in [5.41, 5.74) is 6.20. The van der Waals surface area contributed by atoms with Crippen LogP contribution in [0.5, 0.6) is 0 Å². The van der Waals surface area contributed by atoms with E-state index in [2.05, 4.69) is 38.2 Å². The summed E-state index contributed by atoms with van der Waals surface area (Å²) in [4.78, 5) is 0. The number of allylic oxidation sites excluding steroid dienone is 4. The van der Waals surface area contributed by atoms with Crippen molar-refractivity contribution in [2.45, 2.75) is 213 Å². The van der Waals surface area contributed by atoms with Gasteiger partial charge in [0.15, 0.2) is 0 Å². The van der Waals surface area contributed by atoms with Crippen LogP contribution < -0.4 is 5.73 Å². The Morgan fingerprint density at radius 1 is 0.405 bits per heavy atom. The standard InChI is InChI=1S/C39H77NO2/c1-4-6-8-10-12-14-16-18-20-22-24-26-28-30-32-34-36-41-38(3)39(40)42-37-35-33-31-29-27-25-23-21-19-17-15-13-11-9-7-5-2/h18-21,38-39H,4-17,22-37,40H2,1-3H3/b20-18-,21-19-. The van der Waals surface area contributed by atoms with Crippen LogP contribution in [0.15, 0.2) is 24.3 Å². The van der Waals surface area contributed by atoms with Gasteiger partial charge >= 0.3 is 0 Å². The van der Waals surface area contributed by atoms with Gasteiger partial charge in [-0.2, -0.15) is 0 Å². The molecule has 250 valence electrons. The minimum Gasteiger partial charge on any atom is -0.374 e. The molecule has 0 aliphatic rings. The highest BCUT2D eigenvalue weighted by molar-refractivity contribution is 4.82. The molecule has 2 N–H and O–H groups in total. The molecule has 2 unspecified atom stereocenters. The Morgan fingerprint density at radius 2 is 0.690 bits per heavy atom. The van der Waals surface area contributed by atoms with E-state index in [-0.39, 0.29) is 12.3 Å². The van der Waals surface area contributed by atoms with Crippen LogP contribution in [0.1, 0.15) is 201 Å². The molecule has 0 spiro atoms. The highest BCUT2D eigenvalue weighted by Crippen LogP contribution is 2.12. The van der Waals surface area contributed by atoms with Gasteiger partial charge in [-0.05, 0) is 71.1 Å². The number of nitrogens with two attached hydrogens (primary N) is 1. The van der Waals surface area contributed by atoms with Crippen molar-refractivity contribution in [2.24, 2.45) is 5.73 Å². The van der Waals surface area contributed by atoms with E-state index in [0.29, 0.717) is 0 Å². The molecule has 0 aliphatic carbocycles. The van der Waals surface area contributed by atoms with Crippen molar-refractivity contribution in [2.75, 3.05) is 13.2 Å². The molecular formula is C39H77NO2. The van der Waals surface area contributed by atoms with Gasteiger partial charge in [-0.25, -0.2) is 0 Å². The van der Waals surface area contributed by atoms with E-state index in [1.54, 1.807) is 0 Å². The Bertz CT molecular complexity index is 499. The van der Waals surface area contributed by atoms with Gasteiger partial charge in [0.05, 0.1) is 6.10 Å². The first-order valence-electron chi connectivity index (χ1n) is 19.0. The monoisotopic (exact) mass is 592 g/mol. The third kappa shape index (κ3) is 33.9. The summed E-state index contributed by atoms with van der Waals surface area (Å²) in [7, 11) is 0. The van der Waals surface area contributed by atoms with E-state index in [0.717, 1.165) is 26.1 Å². The van der Waals surface area contributed by atoms with E-state index in [9.17, 15) is 0 Å². The highest BCUT2D eigenvalue weighted by atomic mass is 16.5. The minimum atomic E-state index is -0.303. The molecule has 3 heteroatoms. The van der Waals surface area contributed by atoms with Crippen molar-refractivity contribution < 1.29 is 9.47 Å². The molecule has 3 nitrogen and oxygen atoms in total. The third-order valence-corrected chi connectivity index (χ3v) is 8.47. The highest BCUT2D eigenvalue weighted by Gasteiger charge is 2.13. The lowest BCUT2D eigenvalue weighted by Crippen LogP contribution is -2.37. The van der Waals surface area contributed by atoms with Crippen molar-refractivity contribution in [3.63, 3.8) is 0 Å². The topological polar surface area (TPSA) is 44.5 Å². The summed E-state index contributed by atoms with van der Waals surface area (Å²) < 4.78 is 11.8. The van der Waals surface area contributed by atoms with Gasteiger partial charge in [0, 0.05) is 13.2 Å². The lowest BCUT2D eigenvalue weighted by Gasteiger charge is -2.21. The minimum absolute atomic E-state index is 0.0257. The molecule has 0 heterocycles. The zero-order chi connectivity index (χ0) is 30.6. The molecule has 42 heavy (non-hydrogen) atoms. The Kier molecular flexibility index (Phi) is 36.0. The van der Waals surface area contributed by atoms with E-state index >= 15 is 0 Å². The van der Waals surface area contributed by atoms with Crippen molar-refractivity contribution >= 4 is 0 Å². The summed E-state index contributed by atoms with van der Waals surface area (Å²) in [5.74, 6) is 0. The van der Waals surface area contributed by atoms with Crippen molar-refractivity contribution in [1.29, 1.82) is 0 Å². The van der Waals surface area contributed by atoms with Crippen LogP contribution in [0.2, 0.25) is 0 Å². The van der Waals surface area contributed by atoms with E-state index in [1.165, 1.54) is 167 Å². The molecule has 0 aliphatic heterocycles. The Morgan fingerprint density at radius 3 is 1.05 bits per heavy atom. The van der Waals surface area contributed by atoms with E-state index in [1.807, 2.05) is 6.92 Å². The van der Waals surface area contributed by atoms with Crippen LogP contribution in [0.4, 0.5) is 0 Å². The Balaban J connectivity index is 3.34. The maximum Gasteiger partial charge on any atom is 0.131 e. The second-order valence-corrected chi connectivity index (χ2v) is 12.8. The molecule has 0 radical (unpaired) electrons. The molecule has 2 atom stereocenters. The zero-order valence-corrected chi connectivity index (χ0v) is 29.1. The van der Waals surface area contributed by atoms with Crippen molar-refractivity contribution in [1.82, 2.24) is 0 Å². The molecule has 0 aromatic heterocycles. The molecule has 0 amide bonds. The summed E-state index contributed by atoms with van der Waals surface area (Å²) in [6, 6.07) is 0. The summed E-state index contributed by atoms with van der Waals surface area (Å²) in [5, 5.41) is 0. The Labute approximate surface area is 265 Å². The van der Waals surface area contributed by atoms with Crippen molar-refractivity contribution in [3.05, 3.63) is 24.3 Å². The van der Waals surface area contributed by atoms with Crippen LogP contribution in [-0.2, 0) is 9.47 Å². The predicted molar refractivity (Wildman–Crippen MR) is 188 cm³/mol. The normalized spacial score (nSPS) is 13.5. The molecule has 0 saturated carbocycles. The van der Waals surface area contributed by atoms with Crippen LogP contribution in [0, 0.1) is 0 Å². The summed E-state index contributed by atoms with van der Waals surface area (Å²) >= 11 is 0. The van der Waals surface area contributed by atoms with Crippen molar-refractivity contribution in [3.8, 4) is 0 Å². The van der Waals surface area contributed by atoms with Gasteiger partial charge in [0.25, 0.3) is 0 Å². The third-order valence-electron chi connectivity index (χ3n) is 8.47. The van der Waals surface area contributed by atoms with Gasteiger partial charge in [-0.15, -0.1) is 0 Å². The fourth-order valence-corrected chi connectivity index (χ4v) is 5.42. The van der Waals surface area contributed by atoms with Crippen LogP contribution in [0.25, 0.3) is 0 Å². The smallest absolute Gasteiger partial charge is 0.131 e. The number of hydrogen-bond acceptors (Lipinski definition) is 3. The summed E-state index contributed by atoms with van der Waals surface area (Å²) in [6.45, 7) is 8.17. The average Bonchev–Trinajstić information content (AvgIpc) is 3.00. The molecule has 0 aromatic rings. The lowest BCUT2D eigenvalue weighted by molar-refractivity contribution is -0.0635. The molecule has 0 saturated heterocycles. The number of ether oxygens (including phenoxy) is 2. The molecule has 0 rings (SSSR count). The molecule has 0 aromatic carbocycles. The fourth-order valence-electron chi connectivity index (χ4n) is 5.42. The first-order valence-corrected chi connectivity index (χ1v) is 19.0. The van der Waals surface area contributed by atoms with Crippen LogP contribution >= 0.6 is 0 Å². The quantitative estimate of drug-likeness (QED) is 0.0453. The van der Waals surface area contributed by atoms with Gasteiger partial charge < -0.3 is 15.2 Å². The zero-order valence-electron chi connectivity index (χ0n) is 29.1. The number of rotatable bonds is 35. The second kappa shape index (κ2) is 36.6. The van der Waals surface area contributed by atoms with Gasteiger partial charge in [0.2, 0.25) is 0 Å². The number of unbranched alkanes of at least 4 members (excludes halogenated alkanes) is 24. The van der Waals surface area contributed by atoms with E-state index < -0.39 is 0 Å². The molecule has 0 fully saturated rings. The first-order chi connectivity index (χ1) is 20.7. The molecule has 0 bridgehead atoms. The van der Waals surface area contributed by atoms with Gasteiger partial charge in [-0.3, -0.25) is 0 Å². The van der Waals surface area contributed by atoms with Crippen LogP contribution in [-0.4, -0.2) is 25.5 Å². The van der Waals surface area contributed by atoms with Gasteiger partial charge in [-0.1, -0.05) is 154 Å². The second-order valence-electron chi connectivity index (χ2n) is 12.8. The van der Waals surface area contributed by atoms with Crippen LogP contribution in [0.3, 0.4) is 0 Å². The number of hydrogen-bond donors (Lipinski definition) is 1. The SMILES string of the molecule is CCCCCCCC/C=C\CCCCCCCCOC(C)C(N)OCCCCCCCC/C=C\CCCCCCCC. The summed E-state index contributed by atoms with van der Waals surface area (Å²) in [6.07, 6.45) is 46.5. The maximum atomic E-state index is 6.20. The Hall–Kier alpha value is -0.640. The lowest BCUT2D eigenvalue weighted by atomic mass is 10.1. The maximum absolute atomic E-state index is 6.20.